The molecule has 1 N–H and O–H groups in total. The van der Waals surface area contributed by atoms with Gasteiger partial charge in [0, 0.05) is 19.6 Å². The highest BCUT2D eigenvalue weighted by atomic mass is 16.5. The van der Waals surface area contributed by atoms with Crippen molar-refractivity contribution in [2.24, 2.45) is 11.8 Å². The normalized spacial score (nSPS) is 15.1. The SMILES string of the molecule is COc1nc(NCCCC(C)C)nc(N2CCC(Cc3ccccc3)CC2)n1. The minimum absolute atomic E-state index is 0.378. The Morgan fingerprint density at radius 2 is 1.86 bits per heavy atom. The predicted molar refractivity (Wildman–Crippen MR) is 114 cm³/mol. The third-order valence-electron chi connectivity index (χ3n) is 5.29. The van der Waals surface area contributed by atoms with Crippen LogP contribution in [0.15, 0.2) is 30.3 Å². The molecular weight excluding hydrogens is 350 g/mol. The summed E-state index contributed by atoms with van der Waals surface area (Å²) in [6, 6.07) is 11.1. The minimum Gasteiger partial charge on any atom is -0.467 e. The predicted octanol–water partition coefficient (Wildman–Crippen LogP) is 4.19. The van der Waals surface area contributed by atoms with Crippen LogP contribution in [0, 0.1) is 11.8 Å². The van der Waals surface area contributed by atoms with Gasteiger partial charge in [-0.15, -0.1) is 0 Å². The van der Waals surface area contributed by atoms with Crippen LogP contribution >= 0.6 is 0 Å². The molecule has 2 heterocycles. The molecule has 0 unspecified atom stereocenters. The molecule has 0 saturated carbocycles. The first-order valence-electron chi connectivity index (χ1n) is 10.5. The van der Waals surface area contributed by atoms with Crippen molar-refractivity contribution in [3.63, 3.8) is 0 Å². The number of methoxy groups -OCH3 is 1. The highest BCUT2D eigenvalue weighted by molar-refractivity contribution is 5.38. The first kappa shape index (κ1) is 20.4. The van der Waals surface area contributed by atoms with Gasteiger partial charge >= 0.3 is 6.01 Å². The summed E-state index contributed by atoms with van der Waals surface area (Å²) >= 11 is 0. The van der Waals surface area contributed by atoms with Crippen molar-refractivity contribution < 1.29 is 4.74 Å². The van der Waals surface area contributed by atoms with Crippen LogP contribution < -0.4 is 15.0 Å². The molecule has 0 atom stereocenters. The fourth-order valence-corrected chi connectivity index (χ4v) is 3.65. The highest BCUT2D eigenvalue weighted by Gasteiger charge is 2.22. The van der Waals surface area contributed by atoms with E-state index in [1.165, 1.54) is 12.0 Å². The van der Waals surface area contributed by atoms with Gasteiger partial charge in [-0.3, -0.25) is 0 Å². The Bertz CT molecular complexity index is 714. The largest absolute Gasteiger partial charge is 0.467 e. The van der Waals surface area contributed by atoms with Gasteiger partial charge in [-0.25, -0.2) is 0 Å². The Balaban J connectivity index is 1.56. The molecule has 6 nitrogen and oxygen atoms in total. The smallest absolute Gasteiger partial charge is 0.322 e. The molecule has 1 saturated heterocycles. The summed E-state index contributed by atoms with van der Waals surface area (Å²) in [4.78, 5) is 15.7. The van der Waals surface area contributed by atoms with Gasteiger partial charge in [-0.05, 0) is 49.5 Å². The van der Waals surface area contributed by atoms with Gasteiger partial charge in [0.05, 0.1) is 7.11 Å². The van der Waals surface area contributed by atoms with Gasteiger partial charge in [0.15, 0.2) is 0 Å². The fraction of sp³-hybridized carbons (Fsp3) is 0.591. The van der Waals surface area contributed by atoms with E-state index in [2.05, 4.69) is 69.3 Å². The molecule has 0 radical (unpaired) electrons. The molecule has 1 aliphatic rings. The van der Waals surface area contributed by atoms with Gasteiger partial charge in [-0.1, -0.05) is 44.2 Å². The van der Waals surface area contributed by atoms with E-state index < -0.39 is 0 Å². The number of hydrogen-bond acceptors (Lipinski definition) is 6. The topological polar surface area (TPSA) is 63.2 Å². The summed E-state index contributed by atoms with van der Waals surface area (Å²) in [5.74, 6) is 2.76. The summed E-state index contributed by atoms with van der Waals surface area (Å²) in [5, 5.41) is 3.33. The number of hydrogen-bond donors (Lipinski definition) is 1. The molecule has 2 aromatic rings. The van der Waals surface area contributed by atoms with Crippen molar-refractivity contribution in [1.82, 2.24) is 15.0 Å². The Morgan fingerprint density at radius 1 is 1.11 bits per heavy atom. The second kappa shape index (κ2) is 10.2. The molecule has 0 aliphatic carbocycles. The average molecular weight is 384 g/mol. The summed E-state index contributed by atoms with van der Waals surface area (Å²) in [6.45, 7) is 7.29. The Kier molecular flexibility index (Phi) is 7.46. The van der Waals surface area contributed by atoms with Crippen LogP contribution in [0.3, 0.4) is 0 Å². The lowest BCUT2D eigenvalue weighted by atomic mass is 9.90. The van der Waals surface area contributed by atoms with Crippen LogP contribution in [-0.4, -0.2) is 41.7 Å². The van der Waals surface area contributed by atoms with E-state index in [0.717, 1.165) is 57.2 Å². The number of anilines is 2. The lowest BCUT2D eigenvalue weighted by Gasteiger charge is -2.32. The van der Waals surface area contributed by atoms with Gasteiger partial charge in [0.1, 0.15) is 0 Å². The van der Waals surface area contributed by atoms with Crippen LogP contribution in [0.5, 0.6) is 6.01 Å². The number of nitrogens with zero attached hydrogens (tertiary/aromatic N) is 4. The molecule has 6 heteroatoms. The number of benzene rings is 1. The number of aromatic nitrogens is 3. The number of ether oxygens (including phenoxy) is 1. The maximum absolute atomic E-state index is 5.30. The van der Waals surface area contributed by atoms with Gasteiger partial charge in [-0.2, -0.15) is 15.0 Å². The van der Waals surface area contributed by atoms with Crippen LogP contribution in [0.4, 0.5) is 11.9 Å². The molecule has 1 aromatic heterocycles. The van der Waals surface area contributed by atoms with Crippen molar-refractivity contribution in [2.45, 2.75) is 46.0 Å². The van der Waals surface area contributed by atoms with Crippen LogP contribution in [-0.2, 0) is 6.42 Å². The van der Waals surface area contributed by atoms with Crippen LogP contribution in [0.2, 0.25) is 0 Å². The van der Waals surface area contributed by atoms with Crippen molar-refractivity contribution in [2.75, 3.05) is 37.0 Å². The summed E-state index contributed by atoms with van der Waals surface area (Å²) in [5.41, 5.74) is 1.43. The molecular formula is C22H33N5O. The molecule has 1 aliphatic heterocycles. The molecule has 28 heavy (non-hydrogen) atoms. The molecule has 0 bridgehead atoms. The van der Waals surface area contributed by atoms with Crippen molar-refractivity contribution in [3.05, 3.63) is 35.9 Å². The zero-order chi connectivity index (χ0) is 19.8. The first-order valence-corrected chi connectivity index (χ1v) is 10.5. The van der Waals surface area contributed by atoms with E-state index >= 15 is 0 Å². The molecule has 0 spiro atoms. The van der Waals surface area contributed by atoms with Gasteiger partial charge < -0.3 is 15.0 Å². The molecule has 1 fully saturated rings. The number of rotatable bonds is 9. The average Bonchev–Trinajstić information content (AvgIpc) is 2.72. The van der Waals surface area contributed by atoms with Crippen molar-refractivity contribution in [3.8, 4) is 6.01 Å². The quantitative estimate of drug-likeness (QED) is 0.655. The van der Waals surface area contributed by atoms with Gasteiger partial charge in [0.2, 0.25) is 11.9 Å². The van der Waals surface area contributed by atoms with E-state index in [4.69, 9.17) is 4.74 Å². The molecule has 152 valence electrons. The Morgan fingerprint density at radius 3 is 2.54 bits per heavy atom. The molecule has 1 aromatic carbocycles. The second-order valence-corrected chi connectivity index (χ2v) is 8.03. The number of piperidine rings is 1. The maximum atomic E-state index is 5.30. The zero-order valence-electron chi connectivity index (χ0n) is 17.4. The highest BCUT2D eigenvalue weighted by Crippen LogP contribution is 2.25. The third-order valence-corrected chi connectivity index (χ3v) is 5.29. The third kappa shape index (κ3) is 6.08. The summed E-state index contributed by atoms with van der Waals surface area (Å²) < 4.78 is 5.30. The van der Waals surface area contributed by atoms with E-state index in [1.807, 2.05) is 0 Å². The van der Waals surface area contributed by atoms with E-state index in [-0.39, 0.29) is 0 Å². The Hall–Kier alpha value is -2.37. The fourth-order valence-electron chi connectivity index (χ4n) is 3.65. The van der Waals surface area contributed by atoms with E-state index in [0.29, 0.717) is 17.9 Å². The monoisotopic (exact) mass is 383 g/mol. The maximum Gasteiger partial charge on any atom is 0.322 e. The summed E-state index contributed by atoms with van der Waals surface area (Å²) in [6.07, 6.45) is 5.75. The second-order valence-electron chi connectivity index (χ2n) is 8.03. The van der Waals surface area contributed by atoms with Crippen molar-refractivity contribution >= 4 is 11.9 Å². The summed E-state index contributed by atoms with van der Waals surface area (Å²) in [7, 11) is 1.60. The van der Waals surface area contributed by atoms with E-state index in [1.54, 1.807) is 7.11 Å². The molecule has 3 rings (SSSR count). The van der Waals surface area contributed by atoms with Crippen LogP contribution in [0.25, 0.3) is 0 Å². The van der Waals surface area contributed by atoms with E-state index in [9.17, 15) is 0 Å². The zero-order valence-corrected chi connectivity index (χ0v) is 17.4. The standard InChI is InChI=1S/C22H33N5O/c1-17(2)8-7-13-23-20-24-21(26-22(25-20)28-3)27-14-11-19(12-15-27)16-18-9-5-4-6-10-18/h4-6,9-10,17,19H,7-8,11-16H2,1-3H3,(H,23,24,25,26). The van der Waals surface area contributed by atoms with Gasteiger partial charge in [0.25, 0.3) is 0 Å². The first-order chi connectivity index (χ1) is 13.6. The van der Waals surface area contributed by atoms with Crippen LogP contribution in [0.1, 0.15) is 45.1 Å². The van der Waals surface area contributed by atoms with Crippen molar-refractivity contribution in [1.29, 1.82) is 0 Å². The number of nitrogens with one attached hydrogen (secondary N) is 1. The lowest BCUT2D eigenvalue weighted by molar-refractivity contribution is 0.373. The molecule has 0 amide bonds. The Labute approximate surface area is 168 Å². The lowest BCUT2D eigenvalue weighted by Crippen LogP contribution is -2.35. The minimum atomic E-state index is 0.378.